The highest BCUT2D eigenvalue weighted by molar-refractivity contribution is 5.90. The molecule has 1 amide bonds. The molecule has 1 saturated carbocycles. The Bertz CT molecular complexity index is 1110. The Morgan fingerprint density at radius 3 is 2.67 bits per heavy atom. The molecule has 9 nitrogen and oxygen atoms in total. The molecule has 3 aliphatic heterocycles. The standard InChI is InChI=1S/C27H38N8O/c1-18(2)34-12-11-33(16-19(34)3)21-7-8-23(28-15-21)31-26-29-14-20-13-22-25(36)30-17-27(9-5-4-6-10-27)35(22)24(20)32-26/h7-8,14-15,18-19,22H,4-6,9-13,16-17H2,1-3H3,(H,30,36)(H,28,29,31,32)/t19-,22?/m0/s1. The Labute approximate surface area is 213 Å². The maximum absolute atomic E-state index is 12.7. The smallest absolute Gasteiger partial charge is 0.243 e. The van der Waals surface area contributed by atoms with Crippen LogP contribution in [0.15, 0.2) is 24.5 Å². The van der Waals surface area contributed by atoms with Gasteiger partial charge in [0.25, 0.3) is 0 Å². The summed E-state index contributed by atoms with van der Waals surface area (Å²) < 4.78 is 0. The lowest BCUT2D eigenvalue weighted by molar-refractivity contribution is -0.124. The van der Waals surface area contributed by atoms with Crippen LogP contribution in [0, 0.1) is 0 Å². The van der Waals surface area contributed by atoms with Gasteiger partial charge >= 0.3 is 0 Å². The molecular formula is C27H38N8O. The van der Waals surface area contributed by atoms with Gasteiger partial charge in [0.15, 0.2) is 0 Å². The minimum Gasteiger partial charge on any atom is -0.367 e. The summed E-state index contributed by atoms with van der Waals surface area (Å²) in [6.45, 7) is 10.6. The summed E-state index contributed by atoms with van der Waals surface area (Å²) in [4.78, 5) is 34.2. The number of amides is 1. The third-order valence-electron chi connectivity index (χ3n) is 8.68. The van der Waals surface area contributed by atoms with Gasteiger partial charge in [0, 0.05) is 56.4 Å². The quantitative estimate of drug-likeness (QED) is 0.676. The van der Waals surface area contributed by atoms with Gasteiger partial charge in [0.2, 0.25) is 11.9 Å². The monoisotopic (exact) mass is 490 g/mol. The maximum Gasteiger partial charge on any atom is 0.243 e. The molecule has 4 aliphatic rings. The Balaban J connectivity index is 1.19. The summed E-state index contributed by atoms with van der Waals surface area (Å²) in [5.74, 6) is 2.29. The number of fused-ring (bicyclic) bond motifs is 4. The number of piperazine rings is 2. The van der Waals surface area contributed by atoms with E-state index in [0.29, 0.717) is 31.0 Å². The van der Waals surface area contributed by atoms with E-state index in [1.54, 1.807) is 0 Å². The zero-order chi connectivity index (χ0) is 24.9. The topological polar surface area (TPSA) is 89.5 Å². The lowest BCUT2D eigenvalue weighted by Gasteiger charge is -2.51. The van der Waals surface area contributed by atoms with E-state index >= 15 is 0 Å². The van der Waals surface area contributed by atoms with E-state index in [0.717, 1.165) is 55.4 Å². The minimum atomic E-state index is -0.174. The number of hydrogen-bond donors (Lipinski definition) is 2. The average Bonchev–Trinajstić information content (AvgIpc) is 3.28. The molecule has 1 aliphatic carbocycles. The first kappa shape index (κ1) is 23.5. The molecule has 2 aromatic rings. The molecule has 6 rings (SSSR count). The lowest BCUT2D eigenvalue weighted by atomic mass is 9.78. The number of nitrogens with one attached hydrogen (secondary N) is 2. The molecule has 3 fully saturated rings. The molecule has 9 heteroatoms. The summed E-state index contributed by atoms with van der Waals surface area (Å²) in [6.07, 6.45) is 10.4. The Hall–Kier alpha value is -2.94. The summed E-state index contributed by atoms with van der Waals surface area (Å²) in [7, 11) is 0. The number of carbonyl (C=O) groups is 1. The van der Waals surface area contributed by atoms with Gasteiger partial charge in [-0.2, -0.15) is 4.98 Å². The predicted molar refractivity (Wildman–Crippen MR) is 142 cm³/mol. The fourth-order valence-electron chi connectivity index (χ4n) is 6.84. The number of nitrogens with zero attached hydrogens (tertiary/aromatic N) is 6. The second kappa shape index (κ2) is 9.18. The number of aromatic nitrogens is 3. The van der Waals surface area contributed by atoms with Crippen LogP contribution in [0.3, 0.4) is 0 Å². The van der Waals surface area contributed by atoms with Crippen molar-refractivity contribution in [3.05, 3.63) is 30.1 Å². The molecule has 192 valence electrons. The van der Waals surface area contributed by atoms with Crippen LogP contribution in [0.2, 0.25) is 0 Å². The molecule has 2 aromatic heterocycles. The molecular weight excluding hydrogens is 452 g/mol. The number of carbonyl (C=O) groups excluding carboxylic acids is 1. The van der Waals surface area contributed by atoms with Crippen LogP contribution in [0.25, 0.3) is 0 Å². The highest BCUT2D eigenvalue weighted by Crippen LogP contribution is 2.44. The average molecular weight is 491 g/mol. The Morgan fingerprint density at radius 1 is 1.11 bits per heavy atom. The van der Waals surface area contributed by atoms with Gasteiger partial charge in [-0.25, -0.2) is 9.97 Å². The van der Waals surface area contributed by atoms with Crippen LogP contribution in [0.1, 0.15) is 58.4 Å². The third-order valence-corrected chi connectivity index (χ3v) is 8.68. The summed E-state index contributed by atoms with van der Waals surface area (Å²) >= 11 is 0. The van der Waals surface area contributed by atoms with E-state index in [-0.39, 0.29) is 17.5 Å². The lowest BCUT2D eigenvalue weighted by Crippen LogP contribution is -2.67. The van der Waals surface area contributed by atoms with Gasteiger partial charge < -0.3 is 20.4 Å². The molecule has 0 radical (unpaired) electrons. The second-order valence-corrected chi connectivity index (χ2v) is 11.3. The number of rotatable bonds is 4. The Morgan fingerprint density at radius 2 is 1.94 bits per heavy atom. The highest BCUT2D eigenvalue weighted by Gasteiger charge is 2.51. The van der Waals surface area contributed by atoms with Crippen LogP contribution in [0.4, 0.5) is 23.3 Å². The number of hydrogen-bond acceptors (Lipinski definition) is 8. The van der Waals surface area contributed by atoms with Crippen molar-refractivity contribution in [1.82, 2.24) is 25.2 Å². The molecule has 2 N–H and O–H groups in total. The molecule has 1 unspecified atom stereocenters. The van der Waals surface area contributed by atoms with Gasteiger partial charge in [0.1, 0.15) is 17.7 Å². The third kappa shape index (κ3) is 4.07. The first-order valence-corrected chi connectivity index (χ1v) is 13.6. The van der Waals surface area contributed by atoms with E-state index in [1.807, 2.05) is 18.5 Å². The first-order valence-electron chi connectivity index (χ1n) is 13.6. The van der Waals surface area contributed by atoms with E-state index in [9.17, 15) is 4.79 Å². The van der Waals surface area contributed by atoms with Gasteiger partial charge in [-0.1, -0.05) is 19.3 Å². The van der Waals surface area contributed by atoms with Gasteiger partial charge in [-0.3, -0.25) is 9.69 Å². The second-order valence-electron chi connectivity index (χ2n) is 11.3. The van der Waals surface area contributed by atoms with Crippen LogP contribution in [-0.2, 0) is 11.2 Å². The van der Waals surface area contributed by atoms with Gasteiger partial charge in [-0.15, -0.1) is 0 Å². The molecule has 2 atom stereocenters. The zero-order valence-electron chi connectivity index (χ0n) is 21.7. The fraction of sp³-hybridized carbons (Fsp3) is 0.630. The van der Waals surface area contributed by atoms with Crippen molar-refractivity contribution < 1.29 is 4.79 Å². The van der Waals surface area contributed by atoms with Crippen LogP contribution >= 0.6 is 0 Å². The number of anilines is 4. The van der Waals surface area contributed by atoms with Crippen LogP contribution < -0.4 is 20.4 Å². The largest absolute Gasteiger partial charge is 0.367 e. The Kier molecular flexibility index (Phi) is 5.98. The SMILES string of the molecule is CC(C)N1CCN(c2ccc(Nc3ncc4c(n3)N3C(C4)C(=O)NCC34CCCCC4)nc2)C[C@@H]1C. The summed E-state index contributed by atoms with van der Waals surface area (Å²) in [5, 5.41) is 6.49. The molecule has 0 aromatic carbocycles. The first-order chi connectivity index (χ1) is 17.4. The van der Waals surface area contributed by atoms with Crippen LogP contribution in [-0.4, -0.2) is 75.6 Å². The van der Waals surface area contributed by atoms with E-state index in [2.05, 4.69) is 62.1 Å². The van der Waals surface area contributed by atoms with Crippen molar-refractivity contribution in [3.63, 3.8) is 0 Å². The van der Waals surface area contributed by atoms with Crippen molar-refractivity contribution >= 4 is 29.2 Å². The maximum atomic E-state index is 12.7. The molecule has 2 saturated heterocycles. The molecule has 0 bridgehead atoms. The van der Waals surface area contributed by atoms with Crippen molar-refractivity contribution in [1.29, 1.82) is 0 Å². The van der Waals surface area contributed by atoms with E-state index < -0.39 is 0 Å². The highest BCUT2D eigenvalue weighted by atomic mass is 16.2. The van der Waals surface area contributed by atoms with Crippen molar-refractivity contribution in [2.24, 2.45) is 0 Å². The van der Waals surface area contributed by atoms with Crippen molar-refractivity contribution in [2.75, 3.05) is 41.3 Å². The van der Waals surface area contributed by atoms with Crippen molar-refractivity contribution in [2.45, 2.75) is 83.0 Å². The normalized spacial score (nSPS) is 25.6. The van der Waals surface area contributed by atoms with Crippen molar-refractivity contribution in [3.8, 4) is 0 Å². The predicted octanol–water partition coefficient (Wildman–Crippen LogP) is 3.10. The fourth-order valence-corrected chi connectivity index (χ4v) is 6.84. The molecule has 5 heterocycles. The van der Waals surface area contributed by atoms with Gasteiger partial charge in [0.05, 0.1) is 17.4 Å². The summed E-state index contributed by atoms with van der Waals surface area (Å²) in [6, 6.07) is 5.05. The van der Waals surface area contributed by atoms with E-state index in [1.165, 1.54) is 19.3 Å². The zero-order valence-corrected chi connectivity index (χ0v) is 21.7. The number of pyridine rings is 1. The minimum absolute atomic E-state index is 0.0235. The summed E-state index contributed by atoms with van der Waals surface area (Å²) in [5.41, 5.74) is 2.18. The van der Waals surface area contributed by atoms with Gasteiger partial charge in [-0.05, 0) is 45.7 Å². The molecule has 36 heavy (non-hydrogen) atoms. The van der Waals surface area contributed by atoms with E-state index in [4.69, 9.17) is 4.98 Å². The molecule has 1 spiro atoms. The van der Waals surface area contributed by atoms with Crippen LogP contribution in [0.5, 0.6) is 0 Å².